The molecule has 0 radical (unpaired) electrons. The predicted molar refractivity (Wildman–Crippen MR) is 58.6 cm³/mol. The molecular formula is C11H16O2S. The molecule has 0 spiro atoms. The van der Waals surface area contributed by atoms with E-state index in [9.17, 15) is 8.42 Å². The van der Waals surface area contributed by atoms with Crippen LogP contribution in [-0.2, 0) is 9.84 Å². The Labute approximate surface area is 86.3 Å². The summed E-state index contributed by atoms with van der Waals surface area (Å²) in [6.45, 7) is 2.12. The summed E-state index contributed by atoms with van der Waals surface area (Å²) in [4.78, 5) is 0. The van der Waals surface area contributed by atoms with E-state index in [1.807, 2.05) is 0 Å². The van der Waals surface area contributed by atoms with Gasteiger partial charge in [0.15, 0.2) is 9.84 Å². The fraction of sp³-hybridized carbons (Fsp3) is 0.636. The zero-order valence-corrected chi connectivity index (χ0v) is 9.31. The van der Waals surface area contributed by atoms with E-state index in [1.54, 1.807) is 12.2 Å². The van der Waals surface area contributed by atoms with Gasteiger partial charge in [-0.2, -0.15) is 0 Å². The lowest BCUT2D eigenvalue weighted by Crippen LogP contribution is -2.15. The zero-order valence-electron chi connectivity index (χ0n) is 8.49. The van der Waals surface area contributed by atoms with Crippen LogP contribution in [0.2, 0.25) is 0 Å². The van der Waals surface area contributed by atoms with Crippen LogP contribution in [0, 0.1) is 11.8 Å². The fourth-order valence-electron chi connectivity index (χ4n) is 1.31. The lowest BCUT2D eigenvalue weighted by Gasteiger charge is -2.01. The third-order valence-electron chi connectivity index (χ3n) is 2.22. The first-order chi connectivity index (χ1) is 6.67. The summed E-state index contributed by atoms with van der Waals surface area (Å²) in [6.07, 6.45) is 7.05. The predicted octanol–water partition coefficient (Wildman–Crippen LogP) is 1.92. The minimum atomic E-state index is -2.89. The minimum absolute atomic E-state index is 0.189. The topological polar surface area (TPSA) is 34.1 Å². The highest BCUT2D eigenvalue weighted by molar-refractivity contribution is 7.92. The molecule has 1 rings (SSSR count). The minimum Gasteiger partial charge on any atom is -0.228 e. The average Bonchev–Trinajstić information content (AvgIpc) is 2.45. The van der Waals surface area contributed by atoms with Gasteiger partial charge in [0.1, 0.15) is 0 Å². The summed E-state index contributed by atoms with van der Waals surface area (Å²) in [5, 5.41) is -0.350. The molecule has 1 aliphatic rings. The number of sulfone groups is 1. The van der Waals surface area contributed by atoms with Crippen LogP contribution in [0.15, 0.2) is 12.2 Å². The number of rotatable bonds is 3. The molecule has 0 fully saturated rings. The van der Waals surface area contributed by atoms with Crippen LogP contribution in [0.3, 0.4) is 0 Å². The Morgan fingerprint density at radius 1 is 1.43 bits per heavy atom. The number of unbranched alkanes of at least 4 members (excludes halogenated alkanes) is 2. The standard InChI is InChI=1S/C11H16O2S/c1-2-3-4-5-6-8-11-9-7-10-14(11,12)13/h7,9,11H,2-4,8,10H2,1H3. The Bertz CT molecular complexity index is 354. The molecule has 0 aromatic heterocycles. The first-order valence-electron chi connectivity index (χ1n) is 5.01. The van der Waals surface area contributed by atoms with E-state index >= 15 is 0 Å². The molecule has 0 N–H and O–H groups in total. The van der Waals surface area contributed by atoms with Gasteiger partial charge in [0, 0.05) is 12.8 Å². The van der Waals surface area contributed by atoms with Crippen molar-refractivity contribution in [3.05, 3.63) is 12.2 Å². The molecule has 78 valence electrons. The van der Waals surface area contributed by atoms with Crippen molar-refractivity contribution in [3.8, 4) is 11.8 Å². The van der Waals surface area contributed by atoms with Crippen molar-refractivity contribution in [3.63, 3.8) is 0 Å². The van der Waals surface area contributed by atoms with Crippen molar-refractivity contribution in [1.29, 1.82) is 0 Å². The summed E-state index contributed by atoms with van der Waals surface area (Å²) in [5.74, 6) is 6.13. The molecule has 0 saturated heterocycles. The highest BCUT2D eigenvalue weighted by Gasteiger charge is 2.25. The lowest BCUT2D eigenvalue weighted by atomic mass is 10.2. The van der Waals surface area contributed by atoms with Crippen molar-refractivity contribution in [2.45, 2.75) is 37.9 Å². The van der Waals surface area contributed by atoms with Crippen molar-refractivity contribution in [2.75, 3.05) is 5.75 Å². The smallest absolute Gasteiger partial charge is 0.161 e. The van der Waals surface area contributed by atoms with Crippen molar-refractivity contribution in [2.24, 2.45) is 0 Å². The number of hydrogen-bond acceptors (Lipinski definition) is 2. The summed E-state index contributed by atoms with van der Waals surface area (Å²) in [7, 11) is -2.89. The molecule has 0 amide bonds. The second kappa shape index (κ2) is 5.21. The van der Waals surface area contributed by atoms with Crippen molar-refractivity contribution < 1.29 is 8.42 Å². The Hall–Kier alpha value is -0.750. The van der Waals surface area contributed by atoms with E-state index in [-0.39, 0.29) is 11.0 Å². The largest absolute Gasteiger partial charge is 0.228 e. The maximum absolute atomic E-state index is 11.4. The summed E-state index contributed by atoms with van der Waals surface area (Å²) >= 11 is 0. The van der Waals surface area contributed by atoms with Gasteiger partial charge in [-0.3, -0.25) is 0 Å². The Kier molecular flexibility index (Phi) is 4.21. The summed E-state index contributed by atoms with van der Waals surface area (Å²) < 4.78 is 22.7. The maximum atomic E-state index is 11.4. The normalized spacial score (nSPS) is 23.1. The molecule has 0 bridgehead atoms. The quantitative estimate of drug-likeness (QED) is 0.407. The van der Waals surface area contributed by atoms with Crippen molar-refractivity contribution >= 4 is 9.84 Å². The molecule has 2 nitrogen and oxygen atoms in total. The van der Waals surface area contributed by atoms with E-state index in [2.05, 4.69) is 18.8 Å². The number of hydrogen-bond donors (Lipinski definition) is 0. The van der Waals surface area contributed by atoms with Crippen LogP contribution in [-0.4, -0.2) is 19.4 Å². The average molecular weight is 212 g/mol. The van der Waals surface area contributed by atoms with Crippen LogP contribution < -0.4 is 0 Å². The third kappa shape index (κ3) is 3.19. The molecule has 0 aromatic carbocycles. The molecule has 1 unspecified atom stereocenters. The highest BCUT2D eigenvalue weighted by atomic mass is 32.2. The van der Waals surface area contributed by atoms with Crippen molar-refractivity contribution in [1.82, 2.24) is 0 Å². The molecule has 3 heteroatoms. The van der Waals surface area contributed by atoms with Crippen LogP contribution in [0.4, 0.5) is 0 Å². The lowest BCUT2D eigenvalue weighted by molar-refractivity contribution is 0.594. The maximum Gasteiger partial charge on any atom is 0.161 e. The first kappa shape index (κ1) is 11.3. The second-order valence-electron chi connectivity index (χ2n) is 3.46. The second-order valence-corrected chi connectivity index (χ2v) is 5.72. The van der Waals surface area contributed by atoms with Gasteiger partial charge in [-0.15, -0.1) is 11.8 Å². The van der Waals surface area contributed by atoms with Crippen LogP contribution >= 0.6 is 0 Å². The summed E-state index contributed by atoms with van der Waals surface area (Å²) in [6, 6.07) is 0. The molecular weight excluding hydrogens is 196 g/mol. The van der Waals surface area contributed by atoms with E-state index in [4.69, 9.17) is 0 Å². The van der Waals surface area contributed by atoms with Gasteiger partial charge in [0.05, 0.1) is 11.0 Å². The molecule has 0 saturated carbocycles. The van der Waals surface area contributed by atoms with Gasteiger partial charge in [0.25, 0.3) is 0 Å². The zero-order chi connectivity index (χ0) is 10.4. The van der Waals surface area contributed by atoms with Gasteiger partial charge in [0.2, 0.25) is 0 Å². The molecule has 1 aliphatic heterocycles. The fourth-order valence-corrected chi connectivity index (χ4v) is 2.62. The van der Waals surface area contributed by atoms with Gasteiger partial charge in [-0.1, -0.05) is 25.5 Å². The Morgan fingerprint density at radius 2 is 2.21 bits per heavy atom. The van der Waals surface area contributed by atoms with E-state index < -0.39 is 9.84 Å². The molecule has 0 aliphatic carbocycles. The molecule has 1 heterocycles. The van der Waals surface area contributed by atoms with Crippen LogP contribution in [0.5, 0.6) is 0 Å². The van der Waals surface area contributed by atoms with Crippen LogP contribution in [0.25, 0.3) is 0 Å². The molecule has 14 heavy (non-hydrogen) atoms. The van der Waals surface area contributed by atoms with E-state index in [0.29, 0.717) is 6.42 Å². The van der Waals surface area contributed by atoms with Gasteiger partial charge < -0.3 is 0 Å². The van der Waals surface area contributed by atoms with E-state index in [0.717, 1.165) is 19.3 Å². The first-order valence-corrected chi connectivity index (χ1v) is 6.72. The summed E-state index contributed by atoms with van der Waals surface area (Å²) in [5.41, 5.74) is 0. The molecule has 0 aromatic rings. The van der Waals surface area contributed by atoms with E-state index in [1.165, 1.54) is 0 Å². The van der Waals surface area contributed by atoms with Crippen LogP contribution in [0.1, 0.15) is 32.6 Å². The SMILES string of the molecule is CCCCC#CCC1C=CCS1(=O)=O. The van der Waals surface area contributed by atoms with Gasteiger partial charge in [-0.25, -0.2) is 8.42 Å². The third-order valence-corrected chi connectivity index (χ3v) is 4.13. The van der Waals surface area contributed by atoms with Gasteiger partial charge in [-0.05, 0) is 6.42 Å². The Morgan fingerprint density at radius 3 is 2.79 bits per heavy atom. The monoisotopic (exact) mass is 212 g/mol. The molecule has 1 atom stereocenters. The highest BCUT2D eigenvalue weighted by Crippen LogP contribution is 2.15. The van der Waals surface area contributed by atoms with Gasteiger partial charge >= 0.3 is 0 Å². The Balaban J connectivity index is 2.37.